The first kappa shape index (κ1) is 24.5. The van der Waals surface area contributed by atoms with Crippen LogP contribution in [0.1, 0.15) is 48.4 Å². The number of carbonyl (C=O) groups is 1. The molecule has 0 fully saturated rings. The van der Waals surface area contributed by atoms with Crippen molar-refractivity contribution in [2.45, 2.75) is 33.8 Å². The topological polar surface area (TPSA) is 97.1 Å². The fourth-order valence-electron chi connectivity index (χ4n) is 3.64. The molecule has 0 spiro atoms. The second-order valence-electron chi connectivity index (χ2n) is 8.20. The van der Waals surface area contributed by atoms with Gasteiger partial charge in [-0.1, -0.05) is 42.0 Å². The van der Waals surface area contributed by atoms with E-state index in [9.17, 15) is 18.3 Å². The van der Waals surface area contributed by atoms with Crippen molar-refractivity contribution in [3.05, 3.63) is 65.2 Å². The third-order valence-corrected chi connectivity index (χ3v) is 6.29. The number of hydrogen-bond donors (Lipinski definition) is 1. The highest BCUT2D eigenvalue weighted by Gasteiger charge is 2.28. The number of fused-ring (bicyclic) bond motifs is 1. The van der Waals surface area contributed by atoms with Crippen molar-refractivity contribution < 1.29 is 27.5 Å². The van der Waals surface area contributed by atoms with Crippen LogP contribution in [-0.4, -0.2) is 38.9 Å². The summed E-state index contributed by atoms with van der Waals surface area (Å²) < 4.78 is 37.8. The van der Waals surface area contributed by atoms with Crippen LogP contribution >= 0.6 is 0 Å². The minimum absolute atomic E-state index is 0.0420. The summed E-state index contributed by atoms with van der Waals surface area (Å²) in [6.45, 7) is 11.0. The van der Waals surface area contributed by atoms with E-state index in [4.69, 9.17) is 9.15 Å². The fourth-order valence-corrected chi connectivity index (χ4v) is 4.61. The van der Waals surface area contributed by atoms with Crippen LogP contribution in [0.3, 0.4) is 0 Å². The average molecular weight is 472 g/mol. The molecule has 1 N–H and O–H groups in total. The van der Waals surface area contributed by atoms with Gasteiger partial charge in [-0.2, -0.15) is 0 Å². The van der Waals surface area contributed by atoms with Crippen LogP contribution in [-0.2, 0) is 14.8 Å². The van der Waals surface area contributed by atoms with Crippen LogP contribution in [0.5, 0.6) is 0 Å². The molecular weight excluding hydrogens is 442 g/mol. The lowest BCUT2D eigenvalue weighted by atomic mass is 10.0. The second-order valence-corrected chi connectivity index (χ2v) is 10.1. The number of hydrogen-bond acceptors (Lipinski definition) is 6. The molecule has 0 bridgehead atoms. The molecule has 1 heterocycles. The van der Waals surface area contributed by atoms with Gasteiger partial charge in [0.15, 0.2) is 0 Å². The highest BCUT2D eigenvalue weighted by atomic mass is 32.2. The standard InChI is InChI=1S/C25H29NO6S/c1-7-31-25(28)23-20-12-19(17(5)27)21(26(14-15(2)3)33(6,29)30)13-22(20)32-24(23)18-10-8-16(4)9-11-18/h8-13,17,27H,2,7,14H2,1,3-6H3. The fraction of sp³-hybridized carbons (Fsp3) is 0.320. The first-order valence-corrected chi connectivity index (χ1v) is 12.4. The third kappa shape index (κ3) is 5.12. The van der Waals surface area contributed by atoms with Crippen molar-refractivity contribution >= 4 is 32.6 Å². The number of nitrogens with zero attached hydrogens (tertiary/aromatic N) is 1. The number of anilines is 1. The summed E-state index contributed by atoms with van der Waals surface area (Å²) in [5.41, 5.74) is 3.51. The largest absolute Gasteiger partial charge is 0.462 e. The molecule has 0 radical (unpaired) electrons. The molecule has 0 saturated carbocycles. The molecule has 0 amide bonds. The van der Waals surface area contributed by atoms with Gasteiger partial charge in [0, 0.05) is 22.6 Å². The van der Waals surface area contributed by atoms with E-state index in [0.717, 1.165) is 11.8 Å². The molecule has 0 aliphatic heterocycles. The number of ether oxygens (including phenoxy) is 1. The van der Waals surface area contributed by atoms with Crippen LogP contribution in [0.15, 0.2) is 53.0 Å². The zero-order chi connectivity index (χ0) is 24.5. The molecule has 0 aliphatic carbocycles. The highest BCUT2D eigenvalue weighted by Crippen LogP contribution is 2.40. The van der Waals surface area contributed by atoms with Crippen LogP contribution in [0, 0.1) is 6.92 Å². The lowest BCUT2D eigenvalue weighted by Gasteiger charge is -2.26. The molecule has 176 valence electrons. The van der Waals surface area contributed by atoms with Crippen molar-refractivity contribution in [2.24, 2.45) is 0 Å². The molecule has 3 rings (SSSR count). The minimum atomic E-state index is -3.69. The molecular formula is C25H29NO6S. The number of sulfonamides is 1. The summed E-state index contributed by atoms with van der Waals surface area (Å²) >= 11 is 0. The van der Waals surface area contributed by atoms with Crippen molar-refractivity contribution in [3.63, 3.8) is 0 Å². The van der Waals surface area contributed by atoms with E-state index in [0.29, 0.717) is 33.4 Å². The molecule has 3 aromatic rings. The summed E-state index contributed by atoms with van der Waals surface area (Å²) in [6, 6.07) is 10.6. The van der Waals surface area contributed by atoms with Crippen molar-refractivity contribution in [1.29, 1.82) is 0 Å². The molecule has 8 heteroatoms. The maximum Gasteiger partial charge on any atom is 0.342 e. The van der Waals surface area contributed by atoms with E-state index in [1.807, 2.05) is 31.2 Å². The lowest BCUT2D eigenvalue weighted by molar-refractivity contribution is 0.0528. The number of aliphatic hydroxyl groups is 1. The van der Waals surface area contributed by atoms with Gasteiger partial charge in [-0.05, 0) is 33.8 Å². The summed E-state index contributed by atoms with van der Waals surface area (Å²) in [4.78, 5) is 12.9. The van der Waals surface area contributed by atoms with E-state index in [1.54, 1.807) is 26.0 Å². The molecule has 1 atom stereocenters. The number of aliphatic hydroxyl groups excluding tert-OH is 1. The molecule has 0 saturated heterocycles. The Hall–Kier alpha value is -3.10. The second kappa shape index (κ2) is 9.41. The number of esters is 1. The normalized spacial score (nSPS) is 12.5. The maximum absolute atomic E-state index is 12.9. The van der Waals surface area contributed by atoms with Gasteiger partial charge in [0.1, 0.15) is 16.9 Å². The van der Waals surface area contributed by atoms with Gasteiger partial charge in [0.25, 0.3) is 0 Å². The molecule has 0 aliphatic rings. The molecule has 1 unspecified atom stereocenters. The van der Waals surface area contributed by atoms with Gasteiger partial charge in [0.05, 0.1) is 31.2 Å². The number of aryl methyl sites for hydroxylation is 1. The Morgan fingerprint density at radius 1 is 1.24 bits per heavy atom. The van der Waals surface area contributed by atoms with Crippen LogP contribution in [0.4, 0.5) is 5.69 Å². The van der Waals surface area contributed by atoms with Gasteiger partial charge in [0.2, 0.25) is 10.0 Å². The van der Waals surface area contributed by atoms with Gasteiger partial charge in [-0.25, -0.2) is 13.2 Å². The van der Waals surface area contributed by atoms with Gasteiger partial charge in [-0.3, -0.25) is 4.31 Å². The van der Waals surface area contributed by atoms with Crippen molar-refractivity contribution in [1.82, 2.24) is 0 Å². The summed E-state index contributed by atoms with van der Waals surface area (Å²) in [7, 11) is -3.69. The SMILES string of the molecule is C=C(C)CN(c1cc2oc(-c3ccc(C)cc3)c(C(=O)OCC)c2cc1C(C)O)S(C)(=O)=O. The van der Waals surface area contributed by atoms with E-state index in [2.05, 4.69) is 6.58 Å². The maximum atomic E-state index is 12.9. The number of furan rings is 1. The molecule has 1 aromatic heterocycles. The monoisotopic (exact) mass is 471 g/mol. The van der Waals surface area contributed by atoms with Crippen molar-refractivity contribution in [3.8, 4) is 11.3 Å². The Kier molecular flexibility index (Phi) is 7.00. The highest BCUT2D eigenvalue weighted by molar-refractivity contribution is 7.92. The van der Waals surface area contributed by atoms with Gasteiger partial charge >= 0.3 is 5.97 Å². The van der Waals surface area contributed by atoms with Gasteiger partial charge < -0.3 is 14.3 Å². The number of rotatable bonds is 8. The van der Waals surface area contributed by atoms with Gasteiger partial charge in [-0.15, -0.1) is 0 Å². The smallest absolute Gasteiger partial charge is 0.342 e. The predicted molar refractivity (Wildman–Crippen MR) is 130 cm³/mol. The van der Waals surface area contributed by atoms with Crippen LogP contribution in [0.2, 0.25) is 0 Å². The van der Waals surface area contributed by atoms with E-state index in [1.165, 1.54) is 11.2 Å². The first-order valence-electron chi connectivity index (χ1n) is 10.6. The quantitative estimate of drug-likeness (QED) is 0.368. The summed E-state index contributed by atoms with van der Waals surface area (Å²) in [5.74, 6) is -0.235. The Morgan fingerprint density at radius 3 is 2.39 bits per heavy atom. The Labute approximate surface area is 194 Å². The van der Waals surface area contributed by atoms with E-state index in [-0.39, 0.29) is 24.4 Å². The zero-order valence-electron chi connectivity index (χ0n) is 19.5. The summed E-state index contributed by atoms with van der Waals surface area (Å²) in [5, 5.41) is 10.9. The van der Waals surface area contributed by atoms with E-state index < -0.39 is 22.1 Å². The average Bonchev–Trinajstić information content (AvgIpc) is 3.09. The Balaban J connectivity index is 2.37. The lowest BCUT2D eigenvalue weighted by Crippen LogP contribution is -2.32. The first-order chi connectivity index (χ1) is 15.4. The molecule has 33 heavy (non-hydrogen) atoms. The third-order valence-electron chi connectivity index (χ3n) is 5.16. The zero-order valence-corrected chi connectivity index (χ0v) is 20.3. The Morgan fingerprint density at radius 2 is 1.88 bits per heavy atom. The molecule has 2 aromatic carbocycles. The molecule has 7 nitrogen and oxygen atoms in total. The van der Waals surface area contributed by atoms with Crippen LogP contribution in [0.25, 0.3) is 22.3 Å². The van der Waals surface area contributed by atoms with E-state index >= 15 is 0 Å². The number of benzene rings is 2. The minimum Gasteiger partial charge on any atom is -0.462 e. The summed E-state index contributed by atoms with van der Waals surface area (Å²) in [6.07, 6.45) is 0.0853. The van der Waals surface area contributed by atoms with Crippen molar-refractivity contribution in [2.75, 3.05) is 23.7 Å². The number of carbonyl (C=O) groups excluding carboxylic acids is 1. The Bertz CT molecular complexity index is 1300. The van der Waals surface area contributed by atoms with Crippen LogP contribution < -0.4 is 4.31 Å². The predicted octanol–water partition coefficient (Wildman–Crippen LogP) is 4.98.